The summed E-state index contributed by atoms with van der Waals surface area (Å²) in [5.74, 6) is -0.653. The summed E-state index contributed by atoms with van der Waals surface area (Å²) in [7, 11) is 0. The van der Waals surface area contributed by atoms with Crippen LogP contribution < -0.4 is 10.6 Å². The Morgan fingerprint density at radius 3 is 2.43 bits per heavy atom. The first kappa shape index (κ1) is 22.8. The van der Waals surface area contributed by atoms with Crippen LogP contribution in [0.15, 0.2) is 0 Å². The molecule has 0 bridgehead atoms. The van der Waals surface area contributed by atoms with Gasteiger partial charge in [0.15, 0.2) is 0 Å². The van der Waals surface area contributed by atoms with Gasteiger partial charge in [-0.05, 0) is 55.4 Å². The second-order valence-electron chi connectivity index (χ2n) is 9.76. The molecule has 0 aromatic carbocycles. The van der Waals surface area contributed by atoms with Crippen LogP contribution in [0.4, 0.5) is 5.00 Å². The third kappa shape index (κ3) is 5.62. The van der Waals surface area contributed by atoms with E-state index in [-0.39, 0.29) is 36.1 Å². The summed E-state index contributed by atoms with van der Waals surface area (Å²) in [6.07, 6.45) is 7.56. The molecule has 3 N–H and O–H groups in total. The number of hydrogen-bond acceptors (Lipinski definition) is 4. The summed E-state index contributed by atoms with van der Waals surface area (Å²) in [6, 6.07) is 0.220. The van der Waals surface area contributed by atoms with Crippen LogP contribution in [0.2, 0.25) is 0 Å². The number of fused-ring (bicyclic) bond motifs is 1. The molecule has 2 aliphatic carbocycles. The van der Waals surface area contributed by atoms with Crippen molar-refractivity contribution >= 4 is 34.1 Å². The van der Waals surface area contributed by atoms with Crippen molar-refractivity contribution in [2.24, 2.45) is 11.3 Å². The van der Waals surface area contributed by atoms with Gasteiger partial charge in [-0.15, -0.1) is 11.3 Å². The third-order valence-corrected chi connectivity index (χ3v) is 7.62. The molecule has 1 saturated carbocycles. The van der Waals surface area contributed by atoms with Gasteiger partial charge in [0.2, 0.25) is 5.91 Å². The van der Waals surface area contributed by atoms with E-state index in [4.69, 9.17) is 5.11 Å². The Morgan fingerprint density at radius 1 is 1.10 bits per heavy atom. The lowest BCUT2D eigenvalue weighted by atomic mass is 9.72. The van der Waals surface area contributed by atoms with Crippen molar-refractivity contribution in [2.75, 3.05) is 5.32 Å². The molecule has 2 amide bonds. The average Bonchev–Trinajstić information content (AvgIpc) is 3.26. The van der Waals surface area contributed by atoms with Gasteiger partial charge in [-0.1, -0.05) is 33.6 Å². The standard InChI is InChI=1S/C23H34N2O4S/c1-23(2,3)14-11-12-16-17(13-14)30-22(25-18(26)9-6-10-19(27)28)20(16)21(29)24-15-7-4-5-8-15/h14-15H,4-13H2,1-3H3,(H,24,29)(H,25,26)(H,27,28)/t14-/m1/s1. The Balaban J connectivity index is 1.80. The van der Waals surface area contributed by atoms with Crippen molar-refractivity contribution in [2.45, 2.75) is 91.0 Å². The number of thiophene rings is 1. The second-order valence-corrected chi connectivity index (χ2v) is 10.9. The molecule has 7 heteroatoms. The zero-order valence-corrected chi connectivity index (χ0v) is 19.1. The minimum absolute atomic E-state index is 0.0311. The van der Waals surface area contributed by atoms with E-state index in [1.54, 1.807) is 0 Å². The van der Waals surface area contributed by atoms with E-state index in [0.29, 0.717) is 22.9 Å². The molecule has 1 heterocycles. The van der Waals surface area contributed by atoms with Crippen LogP contribution in [0.1, 0.15) is 92.9 Å². The molecule has 0 spiro atoms. The number of carbonyl (C=O) groups is 3. The largest absolute Gasteiger partial charge is 0.481 e. The van der Waals surface area contributed by atoms with E-state index in [9.17, 15) is 14.4 Å². The minimum Gasteiger partial charge on any atom is -0.481 e. The maximum absolute atomic E-state index is 13.2. The number of carboxylic acids is 1. The second kappa shape index (κ2) is 9.50. The molecule has 0 saturated heterocycles. The Labute approximate surface area is 182 Å². The molecule has 1 fully saturated rings. The van der Waals surface area contributed by atoms with E-state index < -0.39 is 5.97 Å². The molecule has 166 valence electrons. The maximum Gasteiger partial charge on any atom is 0.303 e. The first-order valence-electron chi connectivity index (χ1n) is 11.1. The normalized spacial score (nSPS) is 19.4. The highest BCUT2D eigenvalue weighted by Crippen LogP contribution is 2.44. The molecular formula is C23H34N2O4S. The average molecular weight is 435 g/mol. The molecule has 0 aliphatic heterocycles. The fourth-order valence-electron chi connectivity index (χ4n) is 4.57. The molecule has 1 aromatic heterocycles. The van der Waals surface area contributed by atoms with E-state index in [0.717, 1.165) is 50.5 Å². The van der Waals surface area contributed by atoms with Gasteiger partial charge in [-0.25, -0.2) is 0 Å². The third-order valence-electron chi connectivity index (χ3n) is 6.45. The van der Waals surface area contributed by atoms with E-state index in [2.05, 4.69) is 31.4 Å². The highest BCUT2D eigenvalue weighted by atomic mass is 32.1. The molecule has 1 aromatic rings. The zero-order chi connectivity index (χ0) is 21.9. The number of hydrogen-bond donors (Lipinski definition) is 3. The fraction of sp³-hybridized carbons (Fsp3) is 0.696. The first-order chi connectivity index (χ1) is 14.1. The fourth-order valence-corrected chi connectivity index (χ4v) is 5.91. The Hall–Kier alpha value is -1.89. The van der Waals surface area contributed by atoms with Crippen LogP contribution in [0, 0.1) is 11.3 Å². The van der Waals surface area contributed by atoms with Crippen molar-refractivity contribution in [3.05, 3.63) is 16.0 Å². The first-order valence-corrected chi connectivity index (χ1v) is 11.9. The lowest BCUT2D eigenvalue weighted by Crippen LogP contribution is -2.34. The lowest BCUT2D eigenvalue weighted by Gasteiger charge is -2.33. The summed E-state index contributed by atoms with van der Waals surface area (Å²) in [4.78, 5) is 37.5. The Kier molecular flexibility index (Phi) is 7.22. The van der Waals surface area contributed by atoms with Gasteiger partial charge in [0.1, 0.15) is 5.00 Å². The summed E-state index contributed by atoms with van der Waals surface area (Å²) >= 11 is 1.53. The summed E-state index contributed by atoms with van der Waals surface area (Å²) < 4.78 is 0. The highest BCUT2D eigenvalue weighted by Gasteiger charge is 2.34. The molecule has 0 radical (unpaired) electrons. The number of carboxylic acid groups (broad SMARTS) is 1. The van der Waals surface area contributed by atoms with E-state index >= 15 is 0 Å². The number of anilines is 1. The van der Waals surface area contributed by atoms with Crippen molar-refractivity contribution in [1.82, 2.24) is 5.32 Å². The SMILES string of the molecule is CC(C)(C)[C@@H]1CCc2c(sc(NC(=O)CCCC(=O)O)c2C(=O)NC2CCCC2)C1. The minimum atomic E-state index is -0.903. The molecule has 30 heavy (non-hydrogen) atoms. The molecule has 0 unspecified atom stereocenters. The van der Waals surface area contributed by atoms with Gasteiger partial charge in [-0.3, -0.25) is 14.4 Å². The van der Waals surface area contributed by atoms with Crippen LogP contribution in [0.25, 0.3) is 0 Å². The summed E-state index contributed by atoms with van der Waals surface area (Å²) in [6.45, 7) is 6.78. The van der Waals surface area contributed by atoms with Gasteiger partial charge in [0.05, 0.1) is 5.56 Å². The number of carbonyl (C=O) groups excluding carboxylic acids is 2. The van der Waals surface area contributed by atoms with Crippen molar-refractivity contribution in [3.8, 4) is 0 Å². The highest BCUT2D eigenvalue weighted by molar-refractivity contribution is 7.17. The smallest absolute Gasteiger partial charge is 0.303 e. The van der Waals surface area contributed by atoms with Gasteiger partial charge in [0, 0.05) is 23.8 Å². The van der Waals surface area contributed by atoms with Crippen molar-refractivity contribution < 1.29 is 19.5 Å². The van der Waals surface area contributed by atoms with E-state index in [1.165, 1.54) is 16.2 Å². The van der Waals surface area contributed by atoms with Crippen molar-refractivity contribution in [1.29, 1.82) is 0 Å². The maximum atomic E-state index is 13.2. The summed E-state index contributed by atoms with van der Waals surface area (Å²) in [5, 5.41) is 15.5. The van der Waals surface area contributed by atoms with Gasteiger partial charge in [-0.2, -0.15) is 0 Å². The topological polar surface area (TPSA) is 95.5 Å². The van der Waals surface area contributed by atoms with E-state index in [1.807, 2.05) is 0 Å². The van der Waals surface area contributed by atoms with Crippen LogP contribution in [-0.4, -0.2) is 28.9 Å². The zero-order valence-electron chi connectivity index (χ0n) is 18.3. The molecule has 2 aliphatic rings. The van der Waals surface area contributed by atoms with Gasteiger partial charge >= 0.3 is 5.97 Å². The Bertz CT molecular complexity index is 803. The van der Waals surface area contributed by atoms with Crippen LogP contribution in [0.3, 0.4) is 0 Å². The predicted molar refractivity (Wildman–Crippen MR) is 119 cm³/mol. The predicted octanol–water partition coefficient (Wildman–Crippen LogP) is 4.76. The van der Waals surface area contributed by atoms with Crippen LogP contribution >= 0.6 is 11.3 Å². The monoisotopic (exact) mass is 434 g/mol. The van der Waals surface area contributed by atoms with Gasteiger partial charge < -0.3 is 15.7 Å². The van der Waals surface area contributed by atoms with Crippen molar-refractivity contribution in [3.63, 3.8) is 0 Å². The molecule has 6 nitrogen and oxygen atoms in total. The number of nitrogens with one attached hydrogen (secondary N) is 2. The number of aliphatic carboxylic acids is 1. The molecule has 1 atom stereocenters. The van der Waals surface area contributed by atoms with Crippen LogP contribution in [0.5, 0.6) is 0 Å². The number of amides is 2. The quantitative estimate of drug-likeness (QED) is 0.576. The summed E-state index contributed by atoms with van der Waals surface area (Å²) in [5.41, 5.74) is 1.94. The Morgan fingerprint density at radius 2 is 1.80 bits per heavy atom. The molecule has 3 rings (SSSR count). The van der Waals surface area contributed by atoms with Gasteiger partial charge in [0.25, 0.3) is 5.91 Å². The lowest BCUT2D eigenvalue weighted by molar-refractivity contribution is -0.137. The number of rotatable bonds is 7. The van der Waals surface area contributed by atoms with Crippen LogP contribution in [-0.2, 0) is 22.4 Å². The molecular weight excluding hydrogens is 400 g/mol.